The lowest BCUT2D eigenvalue weighted by molar-refractivity contribution is 0.277. The highest BCUT2D eigenvalue weighted by atomic mass is 32.1. The molecule has 0 spiro atoms. The van der Waals surface area contributed by atoms with Gasteiger partial charge in [0, 0.05) is 11.1 Å². The van der Waals surface area contributed by atoms with Crippen molar-refractivity contribution in [1.82, 2.24) is 4.98 Å². The molecule has 0 aliphatic heterocycles. The van der Waals surface area contributed by atoms with Crippen molar-refractivity contribution in [2.75, 3.05) is 13.2 Å². The Hall–Kier alpha value is -2.32. The van der Waals surface area contributed by atoms with Crippen LogP contribution < -0.4 is 9.47 Å². The Labute approximate surface area is 141 Å². The normalized spacial score (nSPS) is 11.1. The van der Waals surface area contributed by atoms with Gasteiger partial charge in [-0.25, -0.2) is 4.98 Å². The van der Waals surface area contributed by atoms with Crippen LogP contribution in [0.25, 0.3) is 11.6 Å². The molecule has 0 N–H and O–H groups in total. The van der Waals surface area contributed by atoms with Crippen LogP contribution in [0.1, 0.15) is 36.5 Å². The van der Waals surface area contributed by atoms with Gasteiger partial charge in [0.25, 0.3) is 0 Å². The maximum atomic E-state index is 9.39. The van der Waals surface area contributed by atoms with Crippen LogP contribution in [0.3, 0.4) is 0 Å². The first-order valence-electron chi connectivity index (χ1n) is 7.61. The predicted molar refractivity (Wildman–Crippen MR) is 93.7 cm³/mol. The Morgan fingerprint density at radius 1 is 1.30 bits per heavy atom. The largest absolute Gasteiger partial charge is 0.490 e. The number of nitriles is 1. The van der Waals surface area contributed by atoms with E-state index in [0.717, 1.165) is 28.4 Å². The van der Waals surface area contributed by atoms with Crippen molar-refractivity contribution in [3.05, 3.63) is 39.8 Å². The summed E-state index contributed by atoms with van der Waals surface area (Å²) in [4.78, 5) is 4.37. The van der Waals surface area contributed by atoms with Gasteiger partial charge < -0.3 is 9.47 Å². The van der Waals surface area contributed by atoms with E-state index in [9.17, 15) is 5.26 Å². The molecule has 120 valence electrons. The molecule has 23 heavy (non-hydrogen) atoms. The fourth-order valence-corrected chi connectivity index (χ4v) is 2.76. The van der Waals surface area contributed by atoms with Gasteiger partial charge in [0.1, 0.15) is 11.1 Å². The lowest BCUT2D eigenvalue weighted by Crippen LogP contribution is -2.00. The average molecular weight is 328 g/mol. The van der Waals surface area contributed by atoms with Crippen LogP contribution in [0.15, 0.2) is 23.6 Å². The van der Waals surface area contributed by atoms with Crippen LogP contribution in [0.4, 0.5) is 0 Å². The second-order valence-electron chi connectivity index (χ2n) is 4.95. The molecular formula is C18H20N2O2S. The zero-order valence-corrected chi connectivity index (χ0v) is 14.4. The number of aryl methyl sites for hydroxylation is 1. The number of rotatable bonds is 7. The lowest BCUT2D eigenvalue weighted by atomic mass is 10.1. The molecule has 0 aliphatic carbocycles. The Bertz CT molecular complexity index is 729. The topological polar surface area (TPSA) is 55.1 Å². The molecule has 1 aromatic carbocycles. The van der Waals surface area contributed by atoms with E-state index in [1.807, 2.05) is 43.5 Å². The highest BCUT2D eigenvalue weighted by Crippen LogP contribution is 2.30. The molecule has 5 heteroatoms. The molecule has 1 aromatic heterocycles. The highest BCUT2D eigenvalue weighted by molar-refractivity contribution is 7.11. The maximum Gasteiger partial charge on any atom is 0.161 e. The summed E-state index contributed by atoms with van der Waals surface area (Å²) < 4.78 is 11.3. The van der Waals surface area contributed by atoms with Crippen molar-refractivity contribution >= 4 is 23.0 Å². The SMILES string of the molecule is CCCOc1ccc(/C=C(\C#N)c2nc(C)cs2)cc1OCC. The van der Waals surface area contributed by atoms with Gasteiger partial charge >= 0.3 is 0 Å². The molecule has 0 saturated heterocycles. The van der Waals surface area contributed by atoms with Crippen molar-refractivity contribution in [1.29, 1.82) is 5.26 Å². The molecule has 0 bridgehead atoms. The van der Waals surface area contributed by atoms with Crippen LogP contribution in [0.2, 0.25) is 0 Å². The summed E-state index contributed by atoms with van der Waals surface area (Å²) in [5.74, 6) is 1.43. The van der Waals surface area contributed by atoms with E-state index in [1.54, 1.807) is 0 Å². The van der Waals surface area contributed by atoms with E-state index in [1.165, 1.54) is 11.3 Å². The van der Waals surface area contributed by atoms with E-state index in [-0.39, 0.29) is 0 Å². The van der Waals surface area contributed by atoms with E-state index < -0.39 is 0 Å². The fourth-order valence-electron chi connectivity index (χ4n) is 2.00. The molecule has 0 aliphatic rings. The van der Waals surface area contributed by atoms with Crippen LogP contribution >= 0.6 is 11.3 Å². The molecule has 4 nitrogen and oxygen atoms in total. The smallest absolute Gasteiger partial charge is 0.161 e. The third kappa shape index (κ3) is 4.57. The van der Waals surface area contributed by atoms with E-state index in [4.69, 9.17) is 9.47 Å². The first-order valence-corrected chi connectivity index (χ1v) is 8.49. The number of allylic oxidation sites excluding steroid dienone is 1. The molecule has 0 atom stereocenters. The van der Waals surface area contributed by atoms with Gasteiger partial charge in [0.05, 0.1) is 18.8 Å². The highest BCUT2D eigenvalue weighted by Gasteiger charge is 2.09. The number of ether oxygens (including phenoxy) is 2. The monoisotopic (exact) mass is 328 g/mol. The lowest BCUT2D eigenvalue weighted by Gasteiger charge is -2.12. The van der Waals surface area contributed by atoms with Crippen molar-refractivity contribution in [3.8, 4) is 17.6 Å². The van der Waals surface area contributed by atoms with Crippen molar-refractivity contribution in [2.24, 2.45) is 0 Å². The van der Waals surface area contributed by atoms with E-state index in [0.29, 0.717) is 24.5 Å². The Kier molecular flexibility index (Phi) is 6.19. The van der Waals surface area contributed by atoms with Crippen molar-refractivity contribution in [3.63, 3.8) is 0 Å². The third-order valence-corrected chi connectivity index (χ3v) is 4.00. The molecule has 0 radical (unpaired) electrons. The maximum absolute atomic E-state index is 9.39. The average Bonchev–Trinajstić information content (AvgIpc) is 2.98. The summed E-state index contributed by atoms with van der Waals surface area (Å²) in [6.45, 7) is 7.13. The number of thiazole rings is 1. The molecule has 0 saturated carbocycles. The van der Waals surface area contributed by atoms with E-state index >= 15 is 0 Å². The number of nitrogens with zero attached hydrogens (tertiary/aromatic N) is 2. The van der Waals surface area contributed by atoms with Gasteiger partial charge in [-0.05, 0) is 44.0 Å². The predicted octanol–water partition coefficient (Wildman–Crippen LogP) is 4.70. The second kappa shape index (κ2) is 8.35. The molecule has 0 amide bonds. The fraction of sp³-hybridized carbons (Fsp3) is 0.333. The summed E-state index contributed by atoms with van der Waals surface area (Å²) >= 11 is 1.47. The Balaban J connectivity index is 2.33. The van der Waals surface area contributed by atoms with Crippen LogP contribution in [-0.4, -0.2) is 18.2 Å². The standard InChI is InChI=1S/C18H20N2O2S/c1-4-8-22-16-7-6-14(10-17(16)21-5-2)9-15(11-19)18-20-13(3)12-23-18/h6-7,9-10,12H,4-5,8H2,1-3H3/b15-9+. The summed E-state index contributed by atoms with van der Waals surface area (Å²) in [5.41, 5.74) is 2.36. The minimum atomic E-state index is 0.549. The second-order valence-corrected chi connectivity index (χ2v) is 5.81. The van der Waals surface area contributed by atoms with E-state index in [2.05, 4.69) is 18.0 Å². The Morgan fingerprint density at radius 3 is 2.74 bits per heavy atom. The van der Waals surface area contributed by atoms with Gasteiger partial charge in [-0.1, -0.05) is 13.0 Å². The van der Waals surface area contributed by atoms with Gasteiger partial charge in [0.2, 0.25) is 0 Å². The van der Waals surface area contributed by atoms with Crippen LogP contribution in [0, 0.1) is 18.3 Å². The zero-order valence-electron chi connectivity index (χ0n) is 13.6. The van der Waals surface area contributed by atoms with Crippen molar-refractivity contribution in [2.45, 2.75) is 27.2 Å². The number of hydrogen-bond donors (Lipinski definition) is 0. The van der Waals surface area contributed by atoms with Gasteiger partial charge in [0.15, 0.2) is 11.5 Å². The number of aromatic nitrogens is 1. The van der Waals surface area contributed by atoms with Crippen LogP contribution in [-0.2, 0) is 0 Å². The molecule has 0 fully saturated rings. The van der Waals surface area contributed by atoms with Gasteiger partial charge in [-0.3, -0.25) is 0 Å². The summed E-state index contributed by atoms with van der Waals surface area (Å²) in [5, 5.41) is 12.1. The molecule has 1 heterocycles. The minimum Gasteiger partial charge on any atom is -0.490 e. The minimum absolute atomic E-state index is 0.549. The number of benzene rings is 1. The van der Waals surface area contributed by atoms with Crippen LogP contribution in [0.5, 0.6) is 11.5 Å². The Morgan fingerprint density at radius 2 is 2.13 bits per heavy atom. The first kappa shape index (κ1) is 17.0. The zero-order chi connectivity index (χ0) is 16.7. The number of hydrogen-bond acceptors (Lipinski definition) is 5. The molecule has 0 unspecified atom stereocenters. The quantitative estimate of drug-likeness (QED) is 0.691. The molecular weight excluding hydrogens is 308 g/mol. The van der Waals surface area contributed by atoms with Gasteiger partial charge in [-0.2, -0.15) is 5.26 Å². The summed E-state index contributed by atoms with van der Waals surface area (Å²) in [6.07, 6.45) is 2.76. The van der Waals surface area contributed by atoms with Crippen molar-refractivity contribution < 1.29 is 9.47 Å². The third-order valence-electron chi connectivity index (χ3n) is 3.01. The first-order chi connectivity index (χ1) is 11.2. The molecule has 2 rings (SSSR count). The summed E-state index contributed by atoms with van der Waals surface area (Å²) in [6, 6.07) is 7.92. The van der Waals surface area contributed by atoms with Gasteiger partial charge in [-0.15, -0.1) is 11.3 Å². The molecule has 2 aromatic rings. The summed E-state index contributed by atoms with van der Waals surface area (Å²) in [7, 11) is 0.